The van der Waals surface area contributed by atoms with Crippen molar-refractivity contribution in [3.05, 3.63) is 33.8 Å². The van der Waals surface area contributed by atoms with Crippen LogP contribution in [0.15, 0.2) is 22.7 Å². The zero-order chi connectivity index (χ0) is 15.8. The van der Waals surface area contributed by atoms with Gasteiger partial charge in [-0.25, -0.2) is 0 Å². The van der Waals surface area contributed by atoms with Gasteiger partial charge in [-0.2, -0.15) is 13.2 Å². The normalized spacial score (nSPS) is 22.4. The van der Waals surface area contributed by atoms with Crippen LogP contribution in [0.3, 0.4) is 0 Å². The van der Waals surface area contributed by atoms with Crippen LogP contribution >= 0.6 is 15.9 Å². The maximum Gasteiger partial charge on any atom is 0.416 e. The predicted molar refractivity (Wildman–Crippen MR) is 83.6 cm³/mol. The van der Waals surface area contributed by atoms with E-state index in [1.54, 1.807) is 6.07 Å². The van der Waals surface area contributed by atoms with E-state index in [1.165, 1.54) is 18.9 Å². The summed E-state index contributed by atoms with van der Waals surface area (Å²) in [6.45, 7) is 4.69. The Hall–Kier alpha value is -0.590. The summed E-state index contributed by atoms with van der Waals surface area (Å²) >= 11 is 3.20. The van der Waals surface area contributed by atoms with E-state index in [1.807, 2.05) is 0 Å². The number of halogens is 4. The lowest BCUT2D eigenvalue weighted by Crippen LogP contribution is -2.38. The first-order valence-electron chi connectivity index (χ1n) is 7.66. The molecule has 6 heteroatoms. The minimum absolute atomic E-state index is 0.379. The number of nitrogens with zero attached hydrogens (tertiary/aromatic N) is 1. The minimum atomic E-state index is -4.29. The Morgan fingerprint density at radius 1 is 1.14 bits per heavy atom. The van der Waals surface area contributed by atoms with Gasteiger partial charge in [0, 0.05) is 17.6 Å². The maximum atomic E-state index is 12.9. The van der Waals surface area contributed by atoms with E-state index in [0.29, 0.717) is 16.4 Å². The molecule has 3 rings (SSSR count). The van der Waals surface area contributed by atoms with Crippen LogP contribution in [-0.4, -0.2) is 31.1 Å². The average Bonchev–Trinajstić information content (AvgIpc) is 2.80. The van der Waals surface area contributed by atoms with E-state index in [-0.39, 0.29) is 0 Å². The van der Waals surface area contributed by atoms with Crippen LogP contribution < -0.4 is 5.32 Å². The van der Waals surface area contributed by atoms with Gasteiger partial charge in [0.2, 0.25) is 0 Å². The molecule has 0 radical (unpaired) electrons. The lowest BCUT2D eigenvalue weighted by molar-refractivity contribution is -0.137. The Bertz CT molecular complexity index is 539. The van der Waals surface area contributed by atoms with Gasteiger partial charge in [-0.1, -0.05) is 15.9 Å². The highest BCUT2D eigenvalue weighted by molar-refractivity contribution is 9.10. The van der Waals surface area contributed by atoms with Crippen molar-refractivity contribution in [2.45, 2.75) is 32.0 Å². The number of nitrogens with one attached hydrogen (secondary N) is 1. The van der Waals surface area contributed by atoms with E-state index in [4.69, 9.17) is 0 Å². The summed E-state index contributed by atoms with van der Waals surface area (Å²) in [5, 5.41) is 3.38. The lowest BCUT2D eigenvalue weighted by Gasteiger charge is -2.34. The summed E-state index contributed by atoms with van der Waals surface area (Å²) in [4.78, 5) is 2.30. The molecule has 0 saturated carbocycles. The van der Waals surface area contributed by atoms with Crippen molar-refractivity contribution in [1.29, 1.82) is 0 Å². The van der Waals surface area contributed by atoms with Gasteiger partial charge in [-0.3, -0.25) is 4.90 Å². The van der Waals surface area contributed by atoms with E-state index in [2.05, 4.69) is 26.1 Å². The molecule has 1 N–H and O–H groups in total. The Labute approximate surface area is 137 Å². The van der Waals surface area contributed by atoms with Gasteiger partial charge < -0.3 is 5.32 Å². The molecule has 1 aromatic rings. The van der Waals surface area contributed by atoms with Crippen molar-refractivity contribution in [3.8, 4) is 0 Å². The number of hydrogen-bond donors (Lipinski definition) is 1. The molecule has 2 nitrogen and oxygen atoms in total. The Balaban J connectivity index is 1.70. The molecular weight excluding hydrogens is 357 g/mol. The molecule has 2 saturated heterocycles. The molecule has 1 spiro atoms. The summed E-state index contributed by atoms with van der Waals surface area (Å²) in [5.74, 6) is 0. The summed E-state index contributed by atoms with van der Waals surface area (Å²) in [6, 6.07) is 4.21. The third kappa shape index (κ3) is 3.66. The molecule has 0 aromatic heterocycles. The van der Waals surface area contributed by atoms with Crippen LogP contribution in [0.2, 0.25) is 0 Å². The standard InChI is InChI=1S/C16H20BrF3N2/c17-14-8-12(7-13(9-14)16(18,19)20)10-22-6-3-15(11-22)1-4-21-5-2-15/h7-9,21H,1-6,10-11H2. The first kappa shape index (κ1) is 16.3. The lowest BCUT2D eigenvalue weighted by atomic mass is 9.78. The fourth-order valence-corrected chi connectivity index (χ4v) is 4.23. The number of hydrogen-bond acceptors (Lipinski definition) is 2. The number of likely N-dealkylation sites (tertiary alicyclic amines) is 1. The highest BCUT2D eigenvalue weighted by Gasteiger charge is 2.38. The zero-order valence-electron chi connectivity index (χ0n) is 12.3. The molecule has 0 aliphatic carbocycles. The van der Waals surface area contributed by atoms with Gasteiger partial charge in [0.15, 0.2) is 0 Å². The second kappa shape index (κ2) is 6.13. The van der Waals surface area contributed by atoms with E-state index in [0.717, 1.165) is 44.2 Å². The average molecular weight is 377 g/mol. The van der Waals surface area contributed by atoms with Gasteiger partial charge in [0.1, 0.15) is 0 Å². The van der Waals surface area contributed by atoms with Gasteiger partial charge >= 0.3 is 6.18 Å². The van der Waals surface area contributed by atoms with E-state index >= 15 is 0 Å². The zero-order valence-corrected chi connectivity index (χ0v) is 13.9. The van der Waals surface area contributed by atoms with Crippen molar-refractivity contribution in [1.82, 2.24) is 10.2 Å². The van der Waals surface area contributed by atoms with Crippen molar-refractivity contribution >= 4 is 15.9 Å². The highest BCUT2D eigenvalue weighted by atomic mass is 79.9. The summed E-state index contributed by atoms with van der Waals surface area (Å²) in [6.07, 6.45) is -0.778. The van der Waals surface area contributed by atoms with Crippen molar-refractivity contribution in [2.75, 3.05) is 26.2 Å². The molecule has 2 aliphatic heterocycles. The Kier molecular flexibility index (Phi) is 4.54. The van der Waals surface area contributed by atoms with Crippen LogP contribution in [-0.2, 0) is 12.7 Å². The maximum absolute atomic E-state index is 12.9. The fourth-order valence-electron chi connectivity index (χ4n) is 3.69. The summed E-state index contributed by atoms with van der Waals surface area (Å²) < 4.78 is 39.2. The number of rotatable bonds is 2. The highest BCUT2D eigenvalue weighted by Crippen LogP contribution is 2.39. The predicted octanol–water partition coefficient (Wildman–Crippen LogP) is 4.04. The largest absolute Gasteiger partial charge is 0.416 e. The van der Waals surface area contributed by atoms with Gasteiger partial charge in [0.05, 0.1) is 5.56 Å². The van der Waals surface area contributed by atoms with Crippen molar-refractivity contribution < 1.29 is 13.2 Å². The van der Waals surface area contributed by atoms with Crippen LogP contribution in [0.25, 0.3) is 0 Å². The molecule has 2 fully saturated rings. The molecule has 0 amide bonds. The Morgan fingerprint density at radius 2 is 1.86 bits per heavy atom. The first-order valence-corrected chi connectivity index (χ1v) is 8.45. The molecule has 2 heterocycles. The fraction of sp³-hybridized carbons (Fsp3) is 0.625. The molecule has 2 aliphatic rings. The SMILES string of the molecule is FC(F)(F)c1cc(Br)cc(CN2CCC3(CCNCC3)C2)c1. The minimum Gasteiger partial charge on any atom is -0.317 e. The van der Waals surface area contributed by atoms with Gasteiger partial charge in [-0.15, -0.1) is 0 Å². The van der Waals surface area contributed by atoms with Crippen LogP contribution in [0.4, 0.5) is 13.2 Å². The molecule has 0 atom stereocenters. The topological polar surface area (TPSA) is 15.3 Å². The third-order valence-electron chi connectivity index (χ3n) is 4.87. The van der Waals surface area contributed by atoms with Crippen LogP contribution in [0.1, 0.15) is 30.4 Å². The monoisotopic (exact) mass is 376 g/mol. The molecule has 0 unspecified atom stereocenters. The third-order valence-corrected chi connectivity index (χ3v) is 5.33. The molecule has 0 bridgehead atoms. The van der Waals surface area contributed by atoms with Gasteiger partial charge in [-0.05, 0) is 68.1 Å². The number of benzene rings is 1. The Morgan fingerprint density at radius 3 is 2.55 bits per heavy atom. The number of alkyl halides is 3. The molecule has 22 heavy (non-hydrogen) atoms. The second-order valence-corrected chi connectivity index (χ2v) is 7.47. The van der Waals surface area contributed by atoms with Crippen molar-refractivity contribution in [3.63, 3.8) is 0 Å². The van der Waals surface area contributed by atoms with E-state index < -0.39 is 11.7 Å². The van der Waals surface area contributed by atoms with E-state index in [9.17, 15) is 13.2 Å². The smallest absolute Gasteiger partial charge is 0.317 e. The molecular formula is C16H20BrF3N2. The van der Waals surface area contributed by atoms with Crippen LogP contribution in [0, 0.1) is 5.41 Å². The number of piperidine rings is 1. The van der Waals surface area contributed by atoms with Crippen molar-refractivity contribution in [2.24, 2.45) is 5.41 Å². The molecule has 1 aromatic carbocycles. The molecule has 122 valence electrons. The first-order chi connectivity index (χ1) is 10.4. The van der Waals surface area contributed by atoms with Crippen LogP contribution in [0.5, 0.6) is 0 Å². The summed E-state index contributed by atoms with van der Waals surface area (Å²) in [5.41, 5.74) is 0.532. The second-order valence-electron chi connectivity index (χ2n) is 6.56. The quantitative estimate of drug-likeness (QED) is 0.837. The van der Waals surface area contributed by atoms with Gasteiger partial charge in [0.25, 0.3) is 0 Å². The summed E-state index contributed by atoms with van der Waals surface area (Å²) in [7, 11) is 0.